The van der Waals surface area contributed by atoms with Crippen molar-refractivity contribution in [3.63, 3.8) is 0 Å². The molecule has 1 aromatic carbocycles. The maximum absolute atomic E-state index is 12.1. The SMILES string of the molecule is COc1ccc(NC(=O)CC(C)(C(=O)O)C(C)C)c(C)c1. The third-order valence-corrected chi connectivity index (χ3v) is 4.00. The molecule has 5 nitrogen and oxygen atoms in total. The summed E-state index contributed by atoms with van der Waals surface area (Å²) in [5.41, 5.74) is 0.450. The van der Waals surface area contributed by atoms with Crippen LogP contribution in [0.2, 0.25) is 0 Å². The summed E-state index contributed by atoms with van der Waals surface area (Å²) < 4.78 is 5.11. The van der Waals surface area contributed by atoms with E-state index in [9.17, 15) is 14.7 Å². The molecule has 116 valence electrons. The Morgan fingerprint density at radius 2 is 2.00 bits per heavy atom. The number of carbonyl (C=O) groups is 2. The van der Waals surface area contributed by atoms with Crippen molar-refractivity contribution in [3.8, 4) is 5.75 Å². The molecule has 1 aromatic rings. The molecule has 2 N–H and O–H groups in total. The van der Waals surface area contributed by atoms with Gasteiger partial charge < -0.3 is 15.2 Å². The van der Waals surface area contributed by atoms with Crippen LogP contribution in [0.4, 0.5) is 5.69 Å². The second kappa shape index (κ2) is 6.61. The molecule has 1 rings (SSSR count). The highest BCUT2D eigenvalue weighted by molar-refractivity contribution is 5.94. The summed E-state index contributed by atoms with van der Waals surface area (Å²) in [6.07, 6.45) is -0.0640. The lowest BCUT2D eigenvalue weighted by Gasteiger charge is -2.28. The Morgan fingerprint density at radius 3 is 2.43 bits per heavy atom. The van der Waals surface area contributed by atoms with E-state index in [2.05, 4.69) is 5.32 Å². The lowest BCUT2D eigenvalue weighted by Crippen LogP contribution is -2.37. The number of methoxy groups -OCH3 is 1. The predicted molar refractivity (Wildman–Crippen MR) is 81.6 cm³/mol. The van der Waals surface area contributed by atoms with Gasteiger partial charge in [-0.05, 0) is 43.5 Å². The van der Waals surface area contributed by atoms with Crippen molar-refractivity contribution in [2.24, 2.45) is 11.3 Å². The van der Waals surface area contributed by atoms with Gasteiger partial charge in [0.05, 0.1) is 12.5 Å². The molecule has 21 heavy (non-hydrogen) atoms. The van der Waals surface area contributed by atoms with E-state index in [-0.39, 0.29) is 18.2 Å². The molecule has 0 saturated heterocycles. The molecule has 0 heterocycles. The molecule has 0 bridgehead atoms. The molecule has 0 aromatic heterocycles. The average molecular weight is 293 g/mol. The maximum atomic E-state index is 12.1. The number of nitrogens with one attached hydrogen (secondary N) is 1. The fourth-order valence-corrected chi connectivity index (χ4v) is 1.96. The molecule has 0 fully saturated rings. The zero-order chi connectivity index (χ0) is 16.2. The molecule has 0 aliphatic heterocycles. The van der Waals surface area contributed by atoms with E-state index in [0.29, 0.717) is 11.4 Å². The minimum absolute atomic E-state index is 0.0640. The summed E-state index contributed by atoms with van der Waals surface area (Å²) in [6.45, 7) is 7.07. The van der Waals surface area contributed by atoms with Crippen LogP contribution in [-0.2, 0) is 9.59 Å². The third-order valence-electron chi connectivity index (χ3n) is 4.00. The van der Waals surface area contributed by atoms with Crippen molar-refractivity contribution in [1.29, 1.82) is 0 Å². The van der Waals surface area contributed by atoms with E-state index in [1.54, 1.807) is 40.0 Å². The number of aliphatic carboxylic acids is 1. The van der Waals surface area contributed by atoms with Crippen molar-refractivity contribution < 1.29 is 19.4 Å². The highest BCUT2D eigenvalue weighted by atomic mass is 16.5. The van der Waals surface area contributed by atoms with Gasteiger partial charge in [-0.15, -0.1) is 0 Å². The Balaban J connectivity index is 2.84. The number of ether oxygens (including phenoxy) is 1. The van der Waals surface area contributed by atoms with Crippen LogP contribution in [0.3, 0.4) is 0 Å². The van der Waals surface area contributed by atoms with E-state index in [0.717, 1.165) is 5.56 Å². The minimum Gasteiger partial charge on any atom is -0.497 e. The van der Waals surface area contributed by atoms with Gasteiger partial charge in [0, 0.05) is 12.1 Å². The summed E-state index contributed by atoms with van der Waals surface area (Å²) in [4.78, 5) is 23.5. The number of rotatable bonds is 6. The van der Waals surface area contributed by atoms with Gasteiger partial charge >= 0.3 is 5.97 Å². The Labute approximate surface area is 125 Å². The first-order valence-electron chi connectivity index (χ1n) is 6.88. The largest absolute Gasteiger partial charge is 0.497 e. The Bertz CT molecular complexity index is 539. The van der Waals surface area contributed by atoms with Crippen LogP contribution in [0.25, 0.3) is 0 Å². The summed E-state index contributed by atoms with van der Waals surface area (Å²) in [5, 5.41) is 12.1. The molecule has 0 aliphatic rings. The molecule has 0 radical (unpaired) electrons. The number of carboxylic acid groups (broad SMARTS) is 1. The highest BCUT2D eigenvalue weighted by Gasteiger charge is 2.38. The summed E-state index contributed by atoms with van der Waals surface area (Å²) >= 11 is 0. The van der Waals surface area contributed by atoms with E-state index < -0.39 is 11.4 Å². The fraction of sp³-hybridized carbons (Fsp3) is 0.500. The van der Waals surface area contributed by atoms with Gasteiger partial charge in [-0.25, -0.2) is 0 Å². The van der Waals surface area contributed by atoms with Gasteiger partial charge in [0.1, 0.15) is 5.75 Å². The molecule has 0 saturated carbocycles. The topological polar surface area (TPSA) is 75.6 Å². The monoisotopic (exact) mass is 293 g/mol. The normalized spacial score (nSPS) is 13.6. The first-order valence-corrected chi connectivity index (χ1v) is 6.88. The number of benzene rings is 1. The molecule has 0 spiro atoms. The molecular weight excluding hydrogens is 270 g/mol. The maximum Gasteiger partial charge on any atom is 0.310 e. The second-order valence-corrected chi connectivity index (χ2v) is 5.78. The number of amides is 1. The Kier molecular flexibility index (Phi) is 5.35. The Hall–Kier alpha value is -2.04. The van der Waals surface area contributed by atoms with Crippen molar-refractivity contribution in [2.45, 2.75) is 34.1 Å². The van der Waals surface area contributed by atoms with E-state index >= 15 is 0 Å². The fourth-order valence-electron chi connectivity index (χ4n) is 1.96. The number of aryl methyl sites for hydroxylation is 1. The van der Waals surface area contributed by atoms with Crippen molar-refractivity contribution >= 4 is 17.6 Å². The summed E-state index contributed by atoms with van der Waals surface area (Å²) in [5.74, 6) is -0.693. The van der Waals surface area contributed by atoms with Crippen LogP contribution < -0.4 is 10.1 Å². The zero-order valence-corrected chi connectivity index (χ0v) is 13.2. The molecule has 0 aliphatic carbocycles. The van der Waals surface area contributed by atoms with Gasteiger partial charge in [0.15, 0.2) is 0 Å². The average Bonchev–Trinajstić information content (AvgIpc) is 2.40. The molecular formula is C16H23NO4. The molecule has 1 unspecified atom stereocenters. The number of anilines is 1. The van der Waals surface area contributed by atoms with Gasteiger partial charge in [-0.2, -0.15) is 0 Å². The molecule has 1 amide bonds. The van der Waals surface area contributed by atoms with Crippen molar-refractivity contribution in [3.05, 3.63) is 23.8 Å². The number of hydrogen-bond acceptors (Lipinski definition) is 3. The van der Waals surface area contributed by atoms with Crippen LogP contribution in [0.1, 0.15) is 32.8 Å². The van der Waals surface area contributed by atoms with Crippen LogP contribution in [0.15, 0.2) is 18.2 Å². The van der Waals surface area contributed by atoms with Crippen LogP contribution in [0, 0.1) is 18.3 Å². The van der Waals surface area contributed by atoms with Crippen LogP contribution in [0.5, 0.6) is 5.75 Å². The zero-order valence-electron chi connectivity index (χ0n) is 13.2. The van der Waals surface area contributed by atoms with E-state index in [1.165, 1.54) is 0 Å². The third kappa shape index (κ3) is 3.97. The molecule has 1 atom stereocenters. The van der Waals surface area contributed by atoms with Crippen LogP contribution >= 0.6 is 0 Å². The molecule has 5 heteroatoms. The van der Waals surface area contributed by atoms with E-state index in [4.69, 9.17) is 4.74 Å². The quantitative estimate of drug-likeness (QED) is 0.845. The van der Waals surface area contributed by atoms with Crippen LogP contribution in [-0.4, -0.2) is 24.1 Å². The first-order chi connectivity index (χ1) is 9.70. The smallest absolute Gasteiger partial charge is 0.310 e. The standard InChI is InChI=1S/C16H23NO4/c1-10(2)16(4,15(19)20)9-14(18)17-13-7-6-12(21-5)8-11(13)3/h6-8,10H,9H2,1-5H3,(H,17,18)(H,19,20). The van der Waals surface area contributed by atoms with Crippen molar-refractivity contribution in [2.75, 3.05) is 12.4 Å². The number of carboxylic acids is 1. The van der Waals surface area contributed by atoms with Gasteiger partial charge in [-0.1, -0.05) is 13.8 Å². The number of carbonyl (C=O) groups excluding carboxylic acids is 1. The number of hydrogen-bond donors (Lipinski definition) is 2. The lowest BCUT2D eigenvalue weighted by molar-refractivity contribution is -0.153. The highest BCUT2D eigenvalue weighted by Crippen LogP contribution is 2.32. The first kappa shape index (κ1) is 17.0. The van der Waals surface area contributed by atoms with Crippen molar-refractivity contribution in [1.82, 2.24) is 0 Å². The minimum atomic E-state index is -1.08. The van der Waals surface area contributed by atoms with Gasteiger partial charge in [0.25, 0.3) is 0 Å². The van der Waals surface area contributed by atoms with Gasteiger partial charge in [0.2, 0.25) is 5.91 Å². The Morgan fingerprint density at radius 1 is 1.38 bits per heavy atom. The van der Waals surface area contributed by atoms with E-state index in [1.807, 2.05) is 13.0 Å². The predicted octanol–water partition coefficient (Wildman–Crippen LogP) is 3.08. The summed E-state index contributed by atoms with van der Waals surface area (Å²) in [7, 11) is 1.58. The van der Waals surface area contributed by atoms with Gasteiger partial charge in [-0.3, -0.25) is 9.59 Å². The second-order valence-electron chi connectivity index (χ2n) is 5.78. The lowest BCUT2D eigenvalue weighted by atomic mass is 9.76. The summed E-state index contributed by atoms with van der Waals surface area (Å²) in [6, 6.07) is 5.31.